The molecule has 5 nitrogen and oxygen atoms in total. The van der Waals surface area contributed by atoms with Crippen LogP contribution in [0.25, 0.3) is 0 Å². The summed E-state index contributed by atoms with van der Waals surface area (Å²) in [6.45, 7) is 1.46. The van der Waals surface area contributed by atoms with Crippen molar-refractivity contribution in [3.05, 3.63) is 54.5 Å². The summed E-state index contributed by atoms with van der Waals surface area (Å²) in [6, 6.07) is 10.3. The summed E-state index contributed by atoms with van der Waals surface area (Å²) in [5.41, 5.74) is 1.29. The summed E-state index contributed by atoms with van der Waals surface area (Å²) in [5, 5.41) is 0. The average Bonchev–Trinajstić information content (AvgIpc) is 2.64. The maximum Gasteiger partial charge on any atom is 0.232 e. The zero-order valence-corrected chi connectivity index (χ0v) is 13.8. The molecule has 1 aliphatic heterocycles. The van der Waals surface area contributed by atoms with E-state index in [2.05, 4.69) is 22.1 Å². The van der Waals surface area contributed by atoms with Gasteiger partial charge in [-0.1, -0.05) is 30.3 Å². The third-order valence-electron chi connectivity index (χ3n) is 4.26. The van der Waals surface area contributed by atoms with Crippen LogP contribution in [0.1, 0.15) is 31.2 Å². The van der Waals surface area contributed by atoms with Crippen molar-refractivity contribution in [1.82, 2.24) is 14.9 Å². The van der Waals surface area contributed by atoms with Gasteiger partial charge in [-0.25, -0.2) is 4.98 Å². The van der Waals surface area contributed by atoms with Crippen LogP contribution in [-0.4, -0.2) is 40.0 Å². The Bertz CT molecular complexity index is 634. The van der Waals surface area contributed by atoms with E-state index in [4.69, 9.17) is 4.74 Å². The fourth-order valence-corrected chi connectivity index (χ4v) is 3.02. The predicted octanol–water partition coefficient (Wildman–Crippen LogP) is 2.87. The Labute approximate surface area is 142 Å². The number of piperidine rings is 1. The van der Waals surface area contributed by atoms with Crippen LogP contribution in [0.15, 0.2) is 48.9 Å². The topological polar surface area (TPSA) is 55.3 Å². The normalized spacial score (nSPS) is 17.5. The fraction of sp³-hybridized carbons (Fsp3) is 0.421. The lowest BCUT2D eigenvalue weighted by Crippen LogP contribution is -2.44. The second-order valence-corrected chi connectivity index (χ2v) is 6.10. The Balaban J connectivity index is 1.44. The maximum atomic E-state index is 12.4. The number of amides is 1. The van der Waals surface area contributed by atoms with Gasteiger partial charge in [-0.15, -0.1) is 0 Å². The first kappa shape index (κ1) is 16.4. The van der Waals surface area contributed by atoms with Crippen LogP contribution in [-0.2, 0) is 11.2 Å². The molecular weight excluding hydrogens is 302 g/mol. The number of aryl methyl sites for hydroxylation is 1. The highest BCUT2D eigenvalue weighted by Crippen LogP contribution is 2.17. The first-order chi connectivity index (χ1) is 11.8. The summed E-state index contributed by atoms with van der Waals surface area (Å²) < 4.78 is 5.84. The molecule has 126 valence electrons. The minimum absolute atomic E-state index is 0.00789. The van der Waals surface area contributed by atoms with Crippen LogP contribution < -0.4 is 4.74 Å². The number of ether oxygens (including phenoxy) is 1. The average molecular weight is 325 g/mol. The smallest absolute Gasteiger partial charge is 0.232 e. The second-order valence-electron chi connectivity index (χ2n) is 6.10. The molecule has 0 bridgehead atoms. The molecule has 1 saturated heterocycles. The number of carbonyl (C=O) groups is 1. The lowest BCUT2D eigenvalue weighted by atomic mass is 10.1. The van der Waals surface area contributed by atoms with Gasteiger partial charge in [0.15, 0.2) is 0 Å². The van der Waals surface area contributed by atoms with Gasteiger partial charge in [-0.2, -0.15) is 0 Å². The van der Waals surface area contributed by atoms with E-state index in [0.29, 0.717) is 18.8 Å². The Morgan fingerprint density at radius 2 is 2.12 bits per heavy atom. The largest absolute Gasteiger partial charge is 0.471 e. The fourth-order valence-electron chi connectivity index (χ4n) is 3.02. The summed E-state index contributed by atoms with van der Waals surface area (Å²) in [5.74, 6) is 0.749. The van der Waals surface area contributed by atoms with Gasteiger partial charge < -0.3 is 9.64 Å². The minimum atomic E-state index is 0.00789. The van der Waals surface area contributed by atoms with Crippen molar-refractivity contribution >= 4 is 5.91 Å². The van der Waals surface area contributed by atoms with Gasteiger partial charge in [-0.05, 0) is 31.2 Å². The third kappa shape index (κ3) is 4.78. The number of hydrogen-bond acceptors (Lipinski definition) is 4. The molecule has 1 unspecified atom stereocenters. The van der Waals surface area contributed by atoms with Gasteiger partial charge in [0.2, 0.25) is 11.8 Å². The molecule has 1 amide bonds. The van der Waals surface area contributed by atoms with Crippen molar-refractivity contribution in [2.24, 2.45) is 0 Å². The summed E-state index contributed by atoms with van der Waals surface area (Å²) in [4.78, 5) is 22.5. The van der Waals surface area contributed by atoms with E-state index in [-0.39, 0.29) is 12.0 Å². The molecule has 1 aliphatic rings. The Hall–Kier alpha value is -2.43. The molecule has 1 aromatic heterocycles. The molecule has 0 N–H and O–H groups in total. The number of aromatic nitrogens is 2. The van der Waals surface area contributed by atoms with E-state index in [9.17, 15) is 4.79 Å². The standard InChI is InChI=1S/C19H23N3O2/c23-19(10-4-8-16-6-2-1-3-7-16)22-13-5-9-17(15-22)24-18-14-20-11-12-21-18/h1-3,6-7,11-12,14,17H,4-5,8-10,13,15H2. The molecule has 24 heavy (non-hydrogen) atoms. The van der Waals surface area contributed by atoms with Crippen molar-refractivity contribution < 1.29 is 9.53 Å². The maximum absolute atomic E-state index is 12.4. The van der Waals surface area contributed by atoms with Crippen molar-refractivity contribution in [3.8, 4) is 5.88 Å². The summed E-state index contributed by atoms with van der Waals surface area (Å²) >= 11 is 0. The highest BCUT2D eigenvalue weighted by molar-refractivity contribution is 5.76. The van der Waals surface area contributed by atoms with Gasteiger partial charge in [0, 0.05) is 25.4 Å². The van der Waals surface area contributed by atoms with Crippen LogP contribution in [0.4, 0.5) is 0 Å². The number of nitrogens with zero attached hydrogens (tertiary/aromatic N) is 3. The summed E-state index contributed by atoms with van der Waals surface area (Å²) in [7, 11) is 0. The van der Waals surface area contributed by atoms with Crippen LogP contribution >= 0.6 is 0 Å². The molecule has 0 aliphatic carbocycles. The highest BCUT2D eigenvalue weighted by atomic mass is 16.5. The molecule has 1 aromatic carbocycles. The van der Waals surface area contributed by atoms with Gasteiger partial charge in [0.1, 0.15) is 6.10 Å². The molecule has 0 spiro atoms. The minimum Gasteiger partial charge on any atom is -0.471 e. The zero-order valence-electron chi connectivity index (χ0n) is 13.8. The highest BCUT2D eigenvalue weighted by Gasteiger charge is 2.24. The third-order valence-corrected chi connectivity index (χ3v) is 4.26. The van der Waals surface area contributed by atoms with Crippen LogP contribution in [0, 0.1) is 0 Å². The van der Waals surface area contributed by atoms with Crippen LogP contribution in [0.2, 0.25) is 0 Å². The quantitative estimate of drug-likeness (QED) is 0.819. The van der Waals surface area contributed by atoms with E-state index < -0.39 is 0 Å². The Morgan fingerprint density at radius 3 is 2.92 bits per heavy atom. The second kappa shape index (κ2) is 8.43. The molecule has 5 heteroatoms. The molecule has 1 fully saturated rings. The molecular formula is C19H23N3O2. The molecule has 3 rings (SSSR count). The van der Waals surface area contributed by atoms with Crippen molar-refractivity contribution in [2.75, 3.05) is 13.1 Å². The van der Waals surface area contributed by atoms with Gasteiger partial charge >= 0.3 is 0 Å². The van der Waals surface area contributed by atoms with E-state index in [1.807, 2.05) is 23.1 Å². The van der Waals surface area contributed by atoms with Gasteiger partial charge in [-0.3, -0.25) is 9.78 Å². The van der Waals surface area contributed by atoms with Crippen molar-refractivity contribution in [2.45, 2.75) is 38.2 Å². The lowest BCUT2D eigenvalue weighted by molar-refractivity contribution is -0.133. The molecule has 2 aromatic rings. The SMILES string of the molecule is O=C(CCCc1ccccc1)N1CCCC(Oc2cnccn2)C1. The first-order valence-corrected chi connectivity index (χ1v) is 8.55. The molecule has 0 radical (unpaired) electrons. The Morgan fingerprint density at radius 1 is 1.25 bits per heavy atom. The number of carbonyl (C=O) groups excluding carboxylic acids is 1. The monoisotopic (exact) mass is 325 g/mol. The summed E-state index contributed by atoms with van der Waals surface area (Å²) in [6.07, 6.45) is 9.19. The first-order valence-electron chi connectivity index (χ1n) is 8.55. The van der Waals surface area contributed by atoms with E-state index >= 15 is 0 Å². The van der Waals surface area contributed by atoms with Crippen molar-refractivity contribution in [3.63, 3.8) is 0 Å². The van der Waals surface area contributed by atoms with Gasteiger partial charge in [0.05, 0.1) is 12.7 Å². The van der Waals surface area contributed by atoms with Gasteiger partial charge in [0.25, 0.3) is 0 Å². The van der Waals surface area contributed by atoms with Crippen molar-refractivity contribution in [1.29, 1.82) is 0 Å². The van der Waals surface area contributed by atoms with E-state index in [0.717, 1.165) is 32.2 Å². The van der Waals surface area contributed by atoms with E-state index in [1.54, 1.807) is 18.6 Å². The predicted molar refractivity (Wildman–Crippen MR) is 91.6 cm³/mol. The molecule has 0 saturated carbocycles. The van der Waals surface area contributed by atoms with E-state index in [1.165, 1.54) is 5.56 Å². The van der Waals surface area contributed by atoms with Crippen LogP contribution in [0.5, 0.6) is 5.88 Å². The number of hydrogen-bond donors (Lipinski definition) is 0. The number of likely N-dealkylation sites (tertiary alicyclic amines) is 1. The Kier molecular flexibility index (Phi) is 5.77. The molecule has 1 atom stereocenters. The zero-order chi connectivity index (χ0) is 16.6. The lowest BCUT2D eigenvalue weighted by Gasteiger charge is -2.32. The number of benzene rings is 1. The molecule has 2 heterocycles. The number of rotatable bonds is 6. The van der Waals surface area contributed by atoms with Crippen LogP contribution in [0.3, 0.4) is 0 Å².